The van der Waals surface area contributed by atoms with Crippen LogP contribution in [0.15, 0.2) is 24.5 Å². The lowest BCUT2D eigenvalue weighted by atomic mass is 9.82. The van der Waals surface area contributed by atoms with Crippen LogP contribution in [0.1, 0.15) is 50.0 Å². The van der Waals surface area contributed by atoms with E-state index in [0.29, 0.717) is 12.3 Å². The van der Waals surface area contributed by atoms with Crippen LogP contribution in [0.2, 0.25) is 0 Å². The minimum absolute atomic E-state index is 0.0531. The van der Waals surface area contributed by atoms with Gasteiger partial charge in [0.05, 0.1) is 6.07 Å². The Morgan fingerprint density at radius 1 is 1.44 bits per heavy atom. The van der Waals surface area contributed by atoms with Gasteiger partial charge in [-0.25, -0.2) is 0 Å². The Balaban J connectivity index is 2.00. The number of rotatable bonds is 4. The number of pyridine rings is 1. The number of carbonyl (C=O) groups excluding carboxylic acids is 1. The van der Waals surface area contributed by atoms with Crippen LogP contribution in [0, 0.1) is 17.2 Å². The average Bonchev–Trinajstić information content (AvgIpc) is 2.42. The van der Waals surface area contributed by atoms with Gasteiger partial charge in [-0.2, -0.15) is 5.26 Å². The lowest BCUT2D eigenvalue weighted by Crippen LogP contribution is -2.17. The molecule has 1 aliphatic rings. The smallest absolute Gasteiger partial charge is 0.154 e. The standard InChI is InChI=1S/C15H18N2O/c16-10-14(13-7-4-8-17-11-13)15(18)9-12-5-2-1-3-6-12/h4,7-8,11-12,14H,1-3,5-6,9H2. The Labute approximate surface area is 108 Å². The summed E-state index contributed by atoms with van der Waals surface area (Å²) in [6, 6.07) is 5.69. The minimum atomic E-state index is -0.638. The maximum atomic E-state index is 12.2. The van der Waals surface area contributed by atoms with Crippen molar-refractivity contribution in [3.05, 3.63) is 30.1 Å². The number of nitrogens with zero attached hydrogens (tertiary/aromatic N) is 2. The van der Waals surface area contributed by atoms with Gasteiger partial charge >= 0.3 is 0 Å². The zero-order chi connectivity index (χ0) is 12.8. The quantitative estimate of drug-likeness (QED) is 0.814. The van der Waals surface area contributed by atoms with E-state index in [9.17, 15) is 10.1 Å². The molecule has 1 aromatic rings. The Kier molecular flexibility index (Phi) is 4.46. The second-order valence-corrected chi connectivity index (χ2v) is 5.02. The molecule has 0 saturated heterocycles. The predicted molar refractivity (Wildman–Crippen MR) is 68.8 cm³/mol. The third-order valence-corrected chi connectivity index (χ3v) is 3.68. The van der Waals surface area contributed by atoms with Gasteiger partial charge in [-0.1, -0.05) is 38.2 Å². The van der Waals surface area contributed by atoms with Crippen LogP contribution >= 0.6 is 0 Å². The van der Waals surface area contributed by atoms with Gasteiger partial charge in [0.1, 0.15) is 5.92 Å². The maximum absolute atomic E-state index is 12.2. The molecule has 1 atom stereocenters. The highest BCUT2D eigenvalue weighted by Gasteiger charge is 2.24. The fraction of sp³-hybridized carbons (Fsp3) is 0.533. The molecule has 94 valence electrons. The van der Waals surface area contributed by atoms with Crippen molar-refractivity contribution in [2.45, 2.75) is 44.4 Å². The monoisotopic (exact) mass is 242 g/mol. The predicted octanol–water partition coefficient (Wildman–Crippen LogP) is 3.23. The maximum Gasteiger partial charge on any atom is 0.154 e. The van der Waals surface area contributed by atoms with Crippen molar-refractivity contribution in [3.63, 3.8) is 0 Å². The van der Waals surface area contributed by atoms with Crippen LogP contribution in [0.25, 0.3) is 0 Å². The van der Waals surface area contributed by atoms with E-state index < -0.39 is 5.92 Å². The van der Waals surface area contributed by atoms with E-state index in [1.165, 1.54) is 19.3 Å². The first-order valence-electron chi connectivity index (χ1n) is 6.63. The summed E-state index contributed by atoms with van der Waals surface area (Å²) in [7, 11) is 0. The van der Waals surface area contributed by atoms with Gasteiger partial charge < -0.3 is 0 Å². The van der Waals surface area contributed by atoms with E-state index in [0.717, 1.165) is 18.4 Å². The second kappa shape index (κ2) is 6.30. The third kappa shape index (κ3) is 3.16. The summed E-state index contributed by atoms with van der Waals surface area (Å²) in [5, 5.41) is 9.18. The summed E-state index contributed by atoms with van der Waals surface area (Å²) in [4.78, 5) is 16.2. The number of hydrogen-bond acceptors (Lipinski definition) is 3. The van der Waals surface area contributed by atoms with Crippen molar-refractivity contribution in [2.75, 3.05) is 0 Å². The zero-order valence-corrected chi connectivity index (χ0v) is 10.5. The fourth-order valence-corrected chi connectivity index (χ4v) is 2.67. The van der Waals surface area contributed by atoms with Gasteiger partial charge in [0.15, 0.2) is 5.78 Å². The molecule has 0 bridgehead atoms. The molecule has 1 fully saturated rings. The number of Topliss-reactive ketones (excluding diaryl/α,β-unsaturated/α-hetero) is 1. The summed E-state index contributed by atoms with van der Waals surface area (Å²) < 4.78 is 0. The Morgan fingerprint density at radius 3 is 2.83 bits per heavy atom. The summed E-state index contributed by atoms with van der Waals surface area (Å²) in [5.74, 6) is -0.100. The van der Waals surface area contributed by atoms with Crippen LogP contribution < -0.4 is 0 Å². The van der Waals surface area contributed by atoms with Gasteiger partial charge in [-0.3, -0.25) is 9.78 Å². The number of aromatic nitrogens is 1. The van der Waals surface area contributed by atoms with E-state index in [2.05, 4.69) is 11.1 Å². The highest BCUT2D eigenvalue weighted by atomic mass is 16.1. The first-order chi connectivity index (χ1) is 8.81. The van der Waals surface area contributed by atoms with Crippen molar-refractivity contribution in [2.24, 2.45) is 5.92 Å². The normalized spacial score (nSPS) is 17.9. The zero-order valence-electron chi connectivity index (χ0n) is 10.5. The third-order valence-electron chi connectivity index (χ3n) is 3.68. The number of nitriles is 1. The van der Waals surface area contributed by atoms with E-state index in [-0.39, 0.29) is 5.78 Å². The highest BCUT2D eigenvalue weighted by Crippen LogP contribution is 2.29. The molecule has 2 rings (SSSR count). The van der Waals surface area contributed by atoms with Crippen molar-refractivity contribution >= 4 is 5.78 Å². The van der Waals surface area contributed by atoms with Crippen molar-refractivity contribution in [1.29, 1.82) is 5.26 Å². The molecule has 0 aliphatic heterocycles. The minimum Gasteiger partial charge on any atom is -0.298 e. The molecule has 18 heavy (non-hydrogen) atoms. The Bertz CT molecular complexity index is 430. The fourth-order valence-electron chi connectivity index (χ4n) is 2.67. The van der Waals surface area contributed by atoms with E-state index in [1.807, 2.05) is 0 Å². The van der Waals surface area contributed by atoms with E-state index >= 15 is 0 Å². The lowest BCUT2D eigenvalue weighted by Gasteiger charge is -2.21. The largest absolute Gasteiger partial charge is 0.298 e. The summed E-state index contributed by atoms with van der Waals surface area (Å²) in [6.45, 7) is 0. The van der Waals surface area contributed by atoms with Crippen LogP contribution in [0.3, 0.4) is 0 Å². The van der Waals surface area contributed by atoms with Gasteiger partial charge in [0.2, 0.25) is 0 Å². The number of ketones is 1. The molecular weight excluding hydrogens is 224 g/mol. The van der Waals surface area contributed by atoms with Crippen LogP contribution in [-0.2, 0) is 4.79 Å². The molecule has 1 heterocycles. The topological polar surface area (TPSA) is 53.8 Å². The first kappa shape index (κ1) is 12.8. The number of carbonyl (C=O) groups is 1. The average molecular weight is 242 g/mol. The first-order valence-corrected chi connectivity index (χ1v) is 6.63. The highest BCUT2D eigenvalue weighted by molar-refractivity contribution is 5.88. The summed E-state index contributed by atoms with van der Waals surface area (Å²) >= 11 is 0. The molecule has 0 spiro atoms. The molecular formula is C15H18N2O. The van der Waals surface area contributed by atoms with Crippen LogP contribution in [-0.4, -0.2) is 10.8 Å². The van der Waals surface area contributed by atoms with Crippen molar-refractivity contribution in [1.82, 2.24) is 4.98 Å². The SMILES string of the molecule is N#CC(C(=O)CC1CCCCC1)c1cccnc1. The van der Waals surface area contributed by atoms with Gasteiger partial charge in [-0.15, -0.1) is 0 Å². The molecule has 0 aromatic carbocycles. The van der Waals surface area contributed by atoms with Crippen molar-refractivity contribution in [3.8, 4) is 6.07 Å². The molecule has 0 N–H and O–H groups in total. The van der Waals surface area contributed by atoms with Crippen molar-refractivity contribution < 1.29 is 4.79 Å². The Hall–Kier alpha value is -1.69. The molecule has 3 nitrogen and oxygen atoms in total. The van der Waals surface area contributed by atoms with Gasteiger partial charge in [0, 0.05) is 18.8 Å². The molecule has 1 aliphatic carbocycles. The van der Waals surface area contributed by atoms with E-state index in [1.54, 1.807) is 24.5 Å². The lowest BCUT2D eigenvalue weighted by molar-refractivity contribution is -0.120. The summed E-state index contributed by atoms with van der Waals surface area (Å²) in [5.41, 5.74) is 0.723. The molecule has 1 aromatic heterocycles. The second-order valence-electron chi connectivity index (χ2n) is 5.02. The van der Waals surface area contributed by atoms with Crippen LogP contribution in [0.5, 0.6) is 0 Å². The van der Waals surface area contributed by atoms with Crippen LogP contribution in [0.4, 0.5) is 0 Å². The summed E-state index contributed by atoms with van der Waals surface area (Å²) in [6.07, 6.45) is 9.83. The van der Waals surface area contributed by atoms with Gasteiger partial charge in [0.25, 0.3) is 0 Å². The molecule has 0 amide bonds. The Morgan fingerprint density at radius 2 is 2.22 bits per heavy atom. The molecule has 3 heteroatoms. The van der Waals surface area contributed by atoms with Gasteiger partial charge in [-0.05, 0) is 17.5 Å². The molecule has 0 radical (unpaired) electrons. The number of hydrogen-bond donors (Lipinski definition) is 0. The molecule has 1 saturated carbocycles. The van der Waals surface area contributed by atoms with E-state index in [4.69, 9.17) is 0 Å². The molecule has 1 unspecified atom stereocenters.